The van der Waals surface area contributed by atoms with Gasteiger partial charge in [0.1, 0.15) is 0 Å². The Morgan fingerprint density at radius 3 is 2.58 bits per heavy atom. The standard InChI is InChI=1S/C24H30N4O3S2/c1-17-14-22(23-16-32-19(3)25-23)18(2)28(17)13-10-24(29)26-20-8-7-9-21(15-20)33(30,31)27-11-5-4-6-12-27/h7-9,14-16H,4-6,10-13H2,1-3H3,(H,26,29). The van der Waals surface area contributed by atoms with Crippen LogP contribution in [-0.2, 0) is 21.4 Å². The van der Waals surface area contributed by atoms with Crippen molar-refractivity contribution in [3.8, 4) is 11.3 Å². The molecule has 33 heavy (non-hydrogen) atoms. The normalized spacial score (nSPS) is 15.0. The van der Waals surface area contributed by atoms with E-state index in [1.54, 1.807) is 35.6 Å². The molecule has 0 aliphatic carbocycles. The molecular weight excluding hydrogens is 456 g/mol. The third-order valence-electron chi connectivity index (χ3n) is 6.10. The fourth-order valence-electron chi connectivity index (χ4n) is 4.32. The Morgan fingerprint density at radius 2 is 1.88 bits per heavy atom. The number of piperidine rings is 1. The zero-order valence-corrected chi connectivity index (χ0v) is 20.9. The summed E-state index contributed by atoms with van der Waals surface area (Å²) in [6.07, 6.45) is 3.12. The van der Waals surface area contributed by atoms with Crippen LogP contribution in [0.4, 0.5) is 5.69 Å². The highest BCUT2D eigenvalue weighted by atomic mass is 32.2. The Kier molecular flexibility index (Phi) is 7.02. The topological polar surface area (TPSA) is 84.3 Å². The summed E-state index contributed by atoms with van der Waals surface area (Å²) >= 11 is 1.62. The Balaban J connectivity index is 1.42. The van der Waals surface area contributed by atoms with Gasteiger partial charge in [0.15, 0.2) is 0 Å². The number of anilines is 1. The number of amides is 1. The first-order valence-electron chi connectivity index (χ1n) is 11.2. The molecule has 9 heteroatoms. The van der Waals surface area contributed by atoms with E-state index in [1.807, 2.05) is 20.8 Å². The first-order valence-corrected chi connectivity index (χ1v) is 13.6. The van der Waals surface area contributed by atoms with Gasteiger partial charge in [-0.1, -0.05) is 12.5 Å². The molecular formula is C24H30N4O3S2. The van der Waals surface area contributed by atoms with Crippen LogP contribution in [0.3, 0.4) is 0 Å². The molecule has 1 fully saturated rings. The van der Waals surface area contributed by atoms with Crippen LogP contribution in [0.2, 0.25) is 0 Å². The fraction of sp³-hybridized carbons (Fsp3) is 0.417. The van der Waals surface area contributed by atoms with E-state index in [2.05, 4.69) is 26.3 Å². The Morgan fingerprint density at radius 1 is 1.12 bits per heavy atom. The van der Waals surface area contributed by atoms with Gasteiger partial charge in [-0.15, -0.1) is 11.3 Å². The minimum atomic E-state index is -3.54. The number of thiazole rings is 1. The van der Waals surface area contributed by atoms with Crippen molar-refractivity contribution in [2.45, 2.75) is 57.9 Å². The quantitative estimate of drug-likeness (QED) is 0.523. The van der Waals surface area contributed by atoms with Crippen LogP contribution in [0.15, 0.2) is 40.6 Å². The predicted octanol–water partition coefficient (Wildman–Crippen LogP) is 4.74. The summed E-state index contributed by atoms with van der Waals surface area (Å²) in [6, 6.07) is 8.65. The predicted molar refractivity (Wildman–Crippen MR) is 132 cm³/mol. The number of carbonyl (C=O) groups excluding carboxylic acids is 1. The van der Waals surface area contributed by atoms with Crippen molar-refractivity contribution in [3.05, 3.63) is 52.1 Å². The number of hydrogen-bond donors (Lipinski definition) is 1. The third-order valence-corrected chi connectivity index (χ3v) is 8.77. The summed E-state index contributed by atoms with van der Waals surface area (Å²) in [5.41, 5.74) is 4.72. The second kappa shape index (κ2) is 9.79. The fourth-order valence-corrected chi connectivity index (χ4v) is 6.49. The van der Waals surface area contributed by atoms with Crippen LogP contribution < -0.4 is 5.32 Å². The van der Waals surface area contributed by atoms with Crippen LogP contribution in [-0.4, -0.2) is 41.3 Å². The van der Waals surface area contributed by atoms with Gasteiger partial charge in [-0.05, 0) is 57.9 Å². The molecule has 0 saturated carbocycles. The zero-order chi connectivity index (χ0) is 23.6. The van der Waals surface area contributed by atoms with Crippen LogP contribution in [0.25, 0.3) is 11.3 Å². The maximum Gasteiger partial charge on any atom is 0.243 e. The summed E-state index contributed by atoms with van der Waals surface area (Å²) < 4.78 is 29.5. The third kappa shape index (κ3) is 5.20. The molecule has 176 valence electrons. The van der Waals surface area contributed by atoms with Gasteiger partial charge in [0.05, 0.1) is 15.6 Å². The molecule has 0 unspecified atom stereocenters. The van der Waals surface area contributed by atoms with E-state index < -0.39 is 10.0 Å². The number of nitrogens with one attached hydrogen (secondary N) is 1. The number of hydrogen-bond acceptors (Lipinski definition) is 5. The average Bonchev–Trinajstić information content (AvgIpc) is 3.35. The van der Waals surface area contributed by atoms with E-state index in [0.717, 1.165) is 46.9 Å². The molecule has 0 bridgehead atoms. The molecule has 1 aromatic carbocycles. The summed E-state index contributed by atoms with van der Waals surface area (Å²) in [5, 5.41) is 5.94. The van der Waals surface area contributed by atoms with Gasteiger partial charge in [-0.2, -0.15) is 4.31 Å². The molecule has 1 amide bonds. The molecule has 4 rings (SSSR count). The van der Waals surface area contributed by atoms with Crippen LogP contribution >= 0.6 is 11.3 Å². The Hall–Kier alpha value is -2.49. The molecule has 2 aromatic heterocycles. The highest BCUT2D eigenvalue weighted by Crippen LogP contribution is 2.28. The lowest BCUT2D eigenvalue weighted by molar-refractivity contribution is -0.116. The van der Waals surface area contributed by atoms with Gasteiger partial charge in [0, 0.05) is 54.1 Å². The van der Waals surface area contributed by atoms with Gasteiger partial charge in [0.25, 0.3) is 0 Å². The van der Waals surface area contributed by atoms with Crippen LogP contribution in [0.1, 0.15) is 42.1 Å². The van der Waals surface area contributed by atoms with Crippen LogP contribution in [0.5, 0.6) is 0 Å². The van der Waals surface area contributed by atoms with Gasteiger partial charge in [-0.3, -0.25) is 4.79 Å². The summed E-state index contributed by atoms with van der Waals surface area (Å²) in [5.74, 6) is -0.152. The Bertz CT molecular complexity index is 1250. The number of nitrogens with zero attached hydrogens (tertiary/aromatic N) is 3. The van der Waals surface area contributed by atoms with Crippen molar-refractivity contribution in [2.24, 2.45) is 0 Å². The van der Waals surface area contributed by atoms with Gasteiger partial charge in [0.2, 0.25) is 15.9 Å². The molecule has 1 N–H and O–H groups in total. The first kappa shape index (κ1) is 23.7. The van der Waals surface area contributed by atoms with Crippen molar-refractivity contribution in [2.75, 3.05) is 18.4 Å². The lowest BCUT2D eigenvalue weighted by atomic mass is 10.2. The van der Waals surface area contributed by atoms with E-state index in [-0.39, 0.29) is 17.2 Å². The zero-order valence-electron chi connectivity index (χ0n) is 19.3. The van der Waals surface area contributed by atoms with Gasteiger partial charge in [-0.25, -0.2) is 13.4 Å². The molecule has 1 aliphatic rings. The lowest BCUT2D eigenvalue weighted by Gasteiger charge is -2.26. The summed E-state index contributed by atoms with van der Waals surface area (Å²) in [6.45, 7) is 7.71. The Labute approximate surface area is 199 Å². The van der Waals surface area contributed by atoms with E-state index in [0.29, 0.717) is 25.3 Å². The molecule has 1 saturated heterocycles. The van der Waals surface area contributed by atoms with Crippen LogP contribution in [0, 0.1) is 20.8 Å². The maximum absolute atomic E-state index is 12.9. The largest absolute Gasteiger partial charge is 0.348 e. The number of sulfonamides is 1. The highest BCUT2D eigenvalue weighted by Gasteiger charge is 2.26. The number of rotatable bonds is 7. The van der Waals surface area contributed by atoms with Crippen molar-refractivity contribution in [1.29, 1.82) is 0 Å². The van der Waals surface area contributed by atoms with Crippen molar-refractivity contribution >= 4 is 33.0 Å². The summed E-state index contributed by atoms with van der Waals surface area (Å²) in [4.78, 5) is 17.5. The van der Waals surface area contributed by atoms with Gasteiger partial charge < -0.3 is 9.88 Å². The number of aromatic nitrogens is 2. The SMILES string of the molecule is Cc1nc(-c2cc(C)n(CCC(=O)Nc3cccc(S(=O)(=O)N4CCCCC4)c3)c2C)cs1. The monoisotopic (exact) mass is 486 g/mol. The summed E-state index contributed by atoms with van der Waals surface area (Å²) in [7, 11) is -3.54. The number of benzene rings is 1. The van der Waals surface area contributed by atoms with E-state index >= 15 is 0 Å². The molecule has 3 heterocycles. The minimum absolute atomic E-state index is 0.152. The lowest BCUT2D eigenvalue weighted by Crippen LogP contribution is -2.35. The minimum Gasteiger partial charge on any atom is -0.348 e. The second-order valence-corrected chi connectivity index (χ2v) is 11.5. The molecule has 0 spiro atoms. The number of aryl methyl sites for hydroxylation is 2. The van der Waals surface area contributed by atoms with Crippen molar-refractivity contribution in [3.63, 3.8) is 0 Å². The molecule has 7 nitrogen and oxygen atoms in total. The first-order chi connectivity index (χ1) is 15.8. The molecule has 3 aromatic rings. The molecule has 1 aliphatic heterocycles. The number of carbonyl (C=O) groups is 1. The maximum atomic E-state index is 12.9. The smallest absolute Gasteiger partial charge is 0.243 e. The average molecular weight is 487 g/mol. The van der Waals surface area contributed by atoms with Crippen molar-refractivity contribution < 1.29 is 13.2 Å². The van der Waals surface area contributed by atoms with E-state index in [1.165, 1.54) is 4.31 Å². The second-order valence-electron chi connectivity index (χ2n) is 8.48. The molecule has 0 radical (unpaired) electrons. The van der Waals surface area contributed by atoms with E-state index in [9.17, 15) is 13.2 Å². The highest BCUT2D eigenvalue weighted by molar-refractivity contribution is 7.89. The van der Waals surface area contributed by atoms with Crippen molar-refractivity contribution in [1.82, 2.24) is 13.9 Å². The van der Waals surface area contributed by atoms with E-state index in [4.69, 9.17) is 0 Å². The molecule has 0 atom stereocenters. The van der Waals surface area contributed by atoms with Gasteiger partial charge >= 0.3 is 0 Å².